The normalized spacial score (nSPS) is 19.8. The Morgan fingerprint density at radius 2 is 2.07 bits per heavy atom. The van der Waals surface area contributed by atoms with E-state index in [4.69, 9.17) is 9.26 Å². The molecule has 6 heteroatoms. The average molecular weight is 405 g/mol. The Morgan fingerprint density at radius 3 is 2.80 bits per heavy atom. The van der Waals surface area contributed by atoms with E-state index >= 15 is 0 Å². The van der Waals surface area contributed by atoms with E-state index in [0.29, 0.717) is 34.4 Å². The highest BCUT2D eigenvalue weighted by molar-refractivity contribution is 6.09. The molecule has 156 valence electrons. The fourth-order valence-corrected chi connectivity index (χ4v) is 4.21. The molecule has 1 amide bonds. The number of hydrogen-bond acceptors (Lipinski definition) is 5. The van der Waals surface area contributed by atoms with Gasteiger partial charge in [-0.1, -0.05) is 35.5 Å². The molecule has 0 spiro atoms. The van der Waals surface area contributed by atoms with Gasteiger partial charge in [0.25, 0.3) is 11.6 Å². The Morgan fingerprint density at radius 1 is 1.23 bits per heavy atom. The first-order valence-electron chi connectivity index (χ1n) is 11.0. The van der Waals surface area contributed by atoms with E-state index in [2.05, 4.69) is 22.4 Å². The Kier molecular flexibility index (Phi) is 5.25. The van der Waals surface area contributed by atoms with E-state index < -0.39 is 0 Å². The molecule has 1 saturated heterocycles. The number of ether oxygens (including phenoxy) is 1. The first kappa shape index (κ1) is 19.2. The number of amides is 1. The molecule has 1 saturated carbocycles. The summed E-state index contributed by atoms with van der Waals surface area (Å²) < 4.78 is 11.3. The van der Waals surface area contributed by atoms with Gasteiger partial charge in [-0.2, -0.15) is 0 Å². The quantitative estimate of drug-likeness (QED) is 0.608. The topological polar surface area (TPSA) is 77.2 Å². The molecule has 0 radical (unpaired) electrons. The van der Waals surface area contributed by atoms with E-state index in [1.54, 1.807) is 0 Å². The highest BCUT2D eigenvalue weighted by Gasteiger charge is 2.29. The van der Waals surface area contributed by atoms with Gasteiger partial charge in [-0.3, -0.25) is 4.79 Å². The summed E-state index contributed by atoms with van der Waals surface area (Å²) in [5.74, 6) is 0.327. The van der Waals surface area contributed by atoms with Crippen molar-refractivity contribution in [3.63, 3.8) is 0 Å². The van der Waals surface area contributed by atoms with E-state index in [1.165, 1.54) is 0 Å². The van der Waals surface area contributed by atoms with Crippen molar-refractivity contribution in [1.82, 2.24) is 15.5 Å². The lowest BCUT2D eigenvalue weighted by Crippen LogP contribution is -2.33. The molecule has 2 fully saturated rings. The summed E-state index contributed by atoms with van der Waals surface area (Å²) in [7, 11) is 0. The van der Waals surface area contributed by atoms with Crippen LogP contribution in [0, 0.1) is 0 Å². The molecule has 1 aromatic carbocycles. The van der Waals surface area contributed by atoms with E-state index in [1.807, 2.05) is 36.4 Å². The van der Waals surface area contributed by atoms with Crippen LogP contribution in [0.2, 0.25) is 0 Å². The predicted molar refractivity (Wildman–Crippen MR) is 114 cm³/mol. The van der Waals surface area contributed by atoms with Crippen LogP contribution in [0.4, 0.5) is 0 Å². The standard InChI is InChI=1S/C24H27N3O3/c1-15(9-12-18-8-5-13-29-18)25-23(28)19-14-20(16-10-11-16)26-24-21(19)22(27-30-24)17-6-3-2-4-7-17/h2-4,6-7,14-16,18H,5,8-13H2,1H3,(H,25,28). The Bertz CT molecular complexity index is 1040. The third-order valence-corrected chi connectivity index (χ3v) is 6.08. The molecule has 30 heavy (non-hydrogen) atoms. The summed E-state index contributed by atoms with van der Waals surface area (Å²) in [6, 6.07) is 11.8. The predicted octanol–water partition coefficient (Wildman–Crippen LogP) is 4.84. The van der Waals surface area contributed by atoms with Gasteiger partial charge < -0.3 is 14.6 Å². The SMILES string of the molecule is CC(CCC1CCCO1)NC(=O)c1cc(C2CC2)nc2onc(-c3ccccc3)c12. The van der Waals surface area contributed by atoms with Crippen LogP contribution in [0.25, 0.3) is 22.4 Å². The molecule has 2 aliphatic rings. The van der Waals surface area contributed by atoms with E-state index in [0.717, 1.165) is 56.4 Å². The first-order chi connectivity index (χ1) is 14.7. The summed E-state index contributed by atoms with van der Waals surface area (Å²) in [6.45, 7) is 2.92. The minimum Gasteiger partial charge on any atom is -0.378 e. The molecule has 2 unspecified atom stereocenters. The lowest BCUT2D eigenvalue weighted by Gasteiger charge is -2.17. The average Bonchev–Trinajstić information content (AvgIpc) is 3.31. The smallest absolute Gasteiger partial charge is 0.259 e. The number of pyridine rings is 1. The maximum Gasteiger partial charge on any atom is 0.259 e. The molecular weight excluding hydrogens is 378 g/mol. The molecule has 1 aliphatic carbocycles. The van der Waals surface area contributed by atoms with Gasteiger partial charge in [0, 0.05) is 29.8 Å². The second kappa shape index (κ2) is 8.19. The van der Waals surface area contributed by atoms with Crippen molar-refractivity contribution in [3.8, 4) is 11.3 Å². The molecule has 2 aromatic heterocycles. The number of carbonyl (C=O) groups excluding carboxylic acids is 1. The van der Waals surface area contributed by atoms with Gasteiger partial charge in [0.2, 0.25) is 0 Å². The minimum absolute atomic E-state index is 0.0642. The second-order valence-corrected chi connectivity index (χ2v) is 8.53. The lowest BCUT2D eigenvalue weighted by atomic mass is 10.0. The number of nitrogens with zero attached hydrogens (tertiary/aromatic N) is 2. The number of fused-ring (bicyclic) bond motifs is 1. The van der Waals surface area contributed by atoms with Crippen molar-refractivity contribution >= 4 is 17.0 Å². The molecule has 3 aromatic rings. The maximum absolute atomic E-state index is 13.3. The van der Waals surface area contributed by atoms with E-state index in [9.17, 15) is 4.79 Å². The summed E-state index contributed by atoms with van der Waals surface area (Å²) >= 11 is 0. The fourth-order valence-electron chi connectivity index (χ4n) is 4.21. The van der Waals surface area contributed by atoms with Gasteiger partial charge >= 0.3 is 0 Å². The van der Waals surface area contributed by atoms with Gasteiger partial charge in [0.15, 0.2) is 0 Å². The van der Waals surface area contributed by atoms with Crippen LogP contribution >= 0.6 is 0 Å². The Balaban J connectivity index is 1.43. The summed E-state index contributed by atoms with van der Waals surface area (Å²) in [6.07, 6.45) is 6.69. The zero-order valence-corrected chi connectivity index (χ0v) is 17.3. The Hall–Kier alpha value is -2.73. The van der Waals surface area contributed by atoms with Crippen molar-refractivity contribution in [2.24, 2.45) is 0 Å². The van der Waals surface area contributed by atoms with Crippen LogP contribution in [0.15, 0.2) is 40.9 Å². The highest BCUT2D eigenvalue weighted by atomic mass is 16.5. The summed E-state index contributed by atoms with van der Waals surface area (Å²) in [5, 5.41) is 8.13. The summed E-state index contributed by atoms with van der Waals surface area (Å²) in [5.41, 5.74) is 3.55. The molecule has 1 N–H and O–H groups in total. The molecule has 2 atom stereocenters. The number of rotatable bonds is 7. The zero-order valence-electron chi connectivity index (χ0n) is 17.3. The summed E-state index contributed by atoms with van der Waals surface area (Å²) in [4.78, 5) is 18.0. The number of carbonyl (C=O) groups is 1. The Labute approximate surface area is 176 Å². The van der Waals surface area contributed by atoms with Crippen LogP contribution in [0.5, 0.6) is 0 Å². The van der Waals surface area contributed by atoms with Crippen molar-refractivity contribution in [1.29, 1.82) is 0 Å². The number of aromatic nitrogens is 2. The van der Waals surface area contributed by atoms with Gasteiger partial charge in [-0.15, -0.1) is 0 Å². The zero-order chi connectivity index (χ0) is 20.5. The number of hydrogen-bond donors (Lipinski definition) is 1. The maximum atomic E-state index is 13.3. The van der Waals surface area contributed by atoms with Gasteiger partial charge in [-0.25, -0.2) is 4.98 Å². The van der Waals surface area contributed by atoms with Crippen molar-refractivity contribution in [2.45, 2.75) is 63.5 Å². The first-order valence-corrected chi connectivity index (χ1v) is 11.0. The molecular formula is C24H27N3O3. The fraction of sp³-hybridized carbons (Fsp3) is 0.458. The van der Waals surface area contributed by atoms with Crippen molar-refractivity contribution in [2.75, 3.05) is 6.61 Å². The van der Waals surface area contributed by atoms with Gasteiger partial charge in [0.1, 0.15) is 5.69 Å². The second-order valence-electron chi connectivity index (χ2n) is 8.53. The molecule has 1 aliphatic heterocycles. The van der Waals surface area contributed by atoms with E-state index in [-0.39, 0.29) is 11.9 Å². The lowest BCUT2D eigenvalue weighted by molar-refractivity contribution is 0.0900. The van der Waals surface area contributed by atoms with Crippen LogP contribution < -0.4 is 5.32 Å². The molecule has 3 heterocycles. The van der Waals surface area contributed by atoms with Crippen LogP contribution in [-0.2, 0) is 4.74 Å². The number of benzene rings is 1. The highest BCUT2D eigenvalue weighted by Crippen LogP contribution is 2.41. The van der Waals surface area contributed by atoms with Crippen molar-refractivity contribution < 1.29 is 14.1 Å². The third-order valence-electron chi connectivity index (χ3n) is 6.08. The van der Waals surface area contributed by atoms with Crippen LogP contribution in [-0.4, -0.2) is 34.8 Å². The van der Waals surface area contributed by atoms with Gasteiger partial charge in [0.05, 0.1) is 17.1 Å². The number of nitrogens with one attached hydrogen (secondary N) is 1. The molecule has 5 rings (SSSR count). The van der Waals surface area contributed by atoms with Crippen LogP contribution in [0.3, 0.4) is 0 Å². The van der Waals surface area contributed by atoms with Crippen molar-refractivity contribution in [3.05, 3.63) is 47.7 Å². The minimum atomic E-state index is -0.0930. The third kappa shape index (κ3) is 3.97. The van der Waals surface area contributed by atoms with Crippen LogP contribution in [0.1, 0.15) is 67.4 Å². The molecule has 6 nitrogen and oxygen atoms in total. The van der Waals surface area contributed by atoms with Gasteiger partial charge in [-0.05, 0) is 51.5 Å². The monoisotopic (exact) mass is 405 g/mol. The largest absolute Gasteiger partial charge is 0.378 e. The molecule has 0 bridgehead atoms.